The molecule has 0 fully saturated rings. The highest BCUT2D eigenvalue weighted by Gasteiger charge is 1.91. The van der Waals surface area contributed by atoms with Gasteiger partial charge in [0.05, 0.1) is 0 Å². The Morgan fingerprint density at radius 3 is 2.43 bits per heavy atom. The van der Waals surface area contributed by atoms with E-state index in [0.29, 0.717) is 5.92 Å². The van der Waals surface area contributed by atoms with Crippen molar-refractivity contribution < 1.29 is 10.1 Å². The van der Waals surface area contributed by atoms with Crippen molar-refractivity contribution in [3.8, 4) is 0 Å². The van der Waals surface area contributed by atoms with E-state index in [9.17, 15) is 0 Å². The molecule has 0 bridgehead atoms. The molecule has 2 heteroatoms. The second-order valence-corrected chi connectivity index (χ2v) is 1.90. The van der Waals surface area contributed by atoms with E-state index in [0.717, 1.165) is 6.42 Å². The maximum Gasteiger partial charge on any atom is 0.122 e. The van der Waals surface area contributed by atoms with Gasteiger partial charge in [0.25, 0.3) is 0 Å². The zero-order valence-electron chi connectivity index (χ0n) is 4.72. The Balaban J connectivity index is 2.68. The highest BCUT2D eigenvalue weighted by atomic mass is 17.1. The van der Waals surface area contributed by atoms with Crippen LogP contribution in [0.4, 0.5) is 0 Å². The largest absolute Gasteiger partial charge is 0.251 e. The summed E-state index contributed by atoms with van der Waals surface area (Å²) < 4.78 is 0. The van der Waals surface area contributed by atoms with Gasteiger partial charge in [-0.25, -0.2) is 4.89 Å². The van der Waals surface area contributed by atoms with Gasteiger partial charge in [0.1, 0.15) is 6.61 Å². The summed E-state index contributed by atoms with van der Waals surface area (Å²) in [5.41, 5.74) is 0. The third-order valence-electron chi connectivity index (χ3n) is 0.642. The molecule has 0 aromatic rings. The lowest BCUT2D eigenvalue weighted by molar-refractivity contribution is -0.213. The molecule has 0 amide bonds. The molecule has 7 heavy (non-hydrogen) atoms. The lowest BCUT2D eigenvalue weighted by Gasteiger charge is -1.97. The van der Waals surface area contributed by atoms with Gasteiger partial charge in [-0.3, -0.25) is 5.26 Å². The van der Waals surface area contributed by atoms with E-state index in [4.69, 9.17) is 5.26 Å². The molecule has 0 rings (SSSR count). The molecule has 0 saturated carbocycles. The topological polar surface area (TPSA) is 29.5 Å². The molecule has 0 aromatic carbocycles. The molecule has 2 nitrogen and oxygen atoms in total. The summed E-state index contributed by atoms with van der Waals surface area (Å²) in [4.78, 5) is 3.73. The van der Waals surface area contributed by atoms with Gasteiger partial charge in [-0.05, 0) is 12.3 Å². The summed E-state index contributed by atoms with van der Waals surface area (Å²) in [5, 5.41) is 7.76. The molecular formula is C5H11O2. The van der Waals surface area contributed by atoms with Gasteiger partial charge in [0.15, 0.2) is 0 Å². The van der Waals surface area contributed by atoms with E-state index in [1.807, 2.05) is 0 Å². The van der Waals surface area contributed by atoms with E-state index in [2.05, 4.69) is 18.7 Å². The second-order valence-electron chi connectivity index (χ2n) is 1.90. The summed E-state index contributed by atoms with van der Waals surface area (Å²) in [5.74, 6) is 0.562. The zero-order chi connectivity index (χ0) is 5.70. The average molecular weight is 103 g/mol. The van der Waals surface area contributed by atoms with Crippen LogP contribution in [0.3, 0.4) is 0 Å². The number of hydrogen-bond acceptors (Lipinski definition) is 2. The summed E-state index contributed by atoms with van der Waals surface area (Å²) >= 11 is 0. The smallest absolute Gasteiger partial charge is 0.122 e. The average Bonchev–Trinajstić information content (AvgIpc) is 1.61. The van der Waals surface area contributed by atoms with Crippen molar-refractivity contribution in [2.75, 3.05) is 0 Å². The van der Waals surface area contributed by atoms with E-state index < -0.39 is 0 Å². The molecular weight excluding hydrogens is 92.1 g/mol. The van der Waals surface area contributed by atoms with Crippen LogP contribution in [0.1, 0.15) is 20.3 Å². The molecule has 0 aliphatic heterocycles. The summed E-state index contributed by atoms with van der Waals surface area (Å²) in [6, 6.07) is 0. The Morgan fingerprint density at radius 1 is 1.71 bits per heavy atom. The van der Waals surface area contributed by atoms with Crippen LogP contribution in [-0.2, 0) is 4.89 Å². The van der Waals surface area contributed by atoms with E-state index >= 15 is 0 Å². The van der Waals surface area contributed by atoms with E-state index in [1.54, 1.807) is 0 Å². The number of hydrogen-bond donors (Lipinski definition) is 1. The fourth-order valence-corrected chi connectivity index (χ4v) is 0.235. The van der Waals surface area contributed by atoms with Crippen LogP contribution in [0, 0.1) is 12.5 Å². The van der Waals surface area contributed by atoms with E-state index in [-0.39, 0.29) is 0 Å². The lowest BCUT2D eigenvalue weighted by Crippen LogP contribution is -1.88. The minimum absolute atomic E-state index is 0.562. The standard InChI is InChI=1S/C5H11O2/c1-5(2)3-4-7-6/h4-6H,3H2,1-2H3. The molecule has 0 spiro atoms. The molecule has 1 radical (unpaired) electrons. The second kappa shape index (κ2) is 4.09. The lowest BCUT2D eigenvalue weighted by atomic mass is 10.1. The monoisotopic (exact) mass is 103 g/mol. The van der Waals surface area contributed by atoms with Gasteiger partial charge >= 0.3 is 0 Å². The predicted octanol–water partition coefficient (Wildman–Crippen LogP) is 1.68. The van der Waals surface area contributed by atoms with Gasteiger partial charge < -0.3 is 0 Å². The Labute approximate surface area is 44.0 Å². The quantitative estimate of drug-likeness (QED) is 0.435. The van der Waals surface area contributed by atoms with Gasteiger partial charge in [-0.15, -0.1) is 0 Å². The minimum Gasteiger partial charge on any atom is -0.251 e. The first kappa shape index (κ1) is 6.92. The van der Waals surface area contributed by atoms with Crippen LogP contribution < -0.4 is 0 Å². The molecule has 0 aliphatic carbocycles. The van der Waals surface area contributed by atoms with Crippen LogP contribution >= 0.6 is 0 Å². The Kier molecular flexibility index (Phi) is 4.04. The van der Waals surface area contributed by atoms with Crippen molar-refractivity contribution in [2.45, 2.75) is 20.3 Å². The molecule has 0 atom stereocenters. The first-order chi connectivity index (χ1) is 3.27. The fraction of sp³-hybridized carbons (Fsp3) is 0.800. The van der Waals surface area contributed by atoms with Gasteiger partial charge in [0, 0.05) is 0 Å². The van der Waals surface area contributed by atoms with Gasteiger partial charge in [-0.1, -0.05) is 13.8 Å². The van der Waals surface area contributed by atoms with Crippen LogP contribution in [0.25, 0.3) is 0 Å². The van der Waals surface area contributed by atoms with Crippen LogP contribution in [0.2, 0.25) is 0 Å². The maximum atomic E-state index is 7.76. The summed E-state index contributed by atoms with van der Waals surface area (Å²) in [6.07, 6.45) is 0.802. The molecule has 0 heterocycles. The Morgan fingerprint density at radius 2 is 2.29 bits per heavy atom. The van der Waals surface area contributed by atoms with Crippen molar-refractivity contribution in [2.24, 2.45) is 5.92 Å². The van der Waals surface area contributed by atoms with Crippen molar-refractivity contribution in [1.82, 2.24) is 0 Å². The highest BCUT2D eigenvalue weighted by molar-refractivity contribution is 4.50. The fourth-order valence-electron chi connectivity index (χ4n) is 0.235. The normalized spacial score (nSPS) is 10.3. The van der Waals surface area contributed by atoms with Crippen LogP contribution in [0.15, 0.2) is 0 Å². The highest BCUT2D eigenvalue weighted by Crippen LogP contribution is 2.00. The third-order valence-corrected chi connectivity index (χ3v) is 0.642. The van der Waals surface area contributed by atoms with Crippen LogP contribution in [-0.4, -0.2) is 5.26 Å². The first-order valence-electron chi connectivity index (χ1n) is 2.39. The SMILES string of the molecule is CC(C)C[CH]OO. The predicted molar refractivity (Wildman–Crippen MR) is 27.5 cm³/mol. The molecule has 0 aliphatic rings. The van der Waals surface area contributed by atoms with Crippen LogP contribution in [0.5, 0.6) is 0 Å². The van der Waals surface area contributed by atoms with Gasteiger partial charge in [0.2, 0.25) is 0 Å². The van der Waals surface area contributed by atoms with Crippen molar-refractivity contribution in [3.05, 3.63) is 6.61 Å². The minimum atomic E-state index is 0.562. The molecule has 1 N–H and O–H groups in total. The zero-order valence-corrected chi connectivity index (χ0v) is 4.72. The van der Waals surface area contributed by atoms with Crippen molar-refractivity contribution in [1.29, 1.82) is 0 Å². The molecule has 0 saturated heterocycles. The third kappa shape index (κ3) is 5.92. The van der Waals surface area contributed by atoms with Gasteiger partial charge in [-0.2, -0.15) is 0 Å². The summed E-state index contributed by atoms with van der Waals surface area (Å²) in [6.45, 7) is 5.48. The maximum absolute atomic E-state index is 7.76. The number of rotatable bonds is 3. The molecule has 43 valence electrons. The van der Waals surface area contributed by atoms with E-state index in [1.165, 1.54) is 6.61 Å². The van der Waals surface area contributed by atoms with Crippen molar-refractivity contribution in [3.63, 3.8) is 0 Å². The molecule has 0 unspecified atom stereocenters. The Hall–Kier alpha value is -0.0800. The van der Waals surface area contributed by atoms with Crippen molar-refractivity contribution >= 4 is 0 Å². The summed E-state index contributed by atoms with van der Waals surface area (Å²) in [7, 11) is 0. The Bertz CT molecular complexity index is 35.1. The molecule has 0 aromatic heterocycles. The first-order valence-corrected chi connectivity index (χ1v) is 2.39.